The molecule has 0 bridgehead atoms. The summed E-state index contributed by atoms with van der Waals surface area (Å²) in [6.45, 7) is 3.38. The molecule has 0 radical (unpaired) electrons. The van der Waals surface area contributed by atoms with Gasteiger partial charge in [-0.25, -0.2) is 9.37 Å². The van der Waals surface area contributed by atoms with E-state index in [1.54, 1.807) is 42.2 Å². The second-order valence-corrected chi connectivity index (χ2v) is 6.41. The molecule has 0 saturated heterocycles. The summed E-state index contributed by atoms with van der Waals surface area (Å²) in [4.78, 5) is 28.4. The summed E-state index contributed by atoms with van der Waals surface area (Å²) in [5.41, 5.74) is 6.04. The number of aryl methyl sites for hydroxylation is 1. The molecule has 2 atom stereocenters. The van der Waals surface area contributed by atoms with Gasteiger partial charge in [0.15, 0.2) is 0 Å². The average molecular weight is 434 g/mol. The minimum Gasteiger partial charge on any atom is -0.346 e. The lowest BCUT2D eigenvalue weighted by Gasteiger charge is -2.20. The van der Waals surface area contributed by atoms with Crippen LogP contribution in [0.25, 0.3) is 0 Å². The van der Waals surface area contributed by atoms with Crippen LogP contribution in [0.1, 0.15) is 31.3 Å². The van der Waals surface area contributed by atoms with Crippen molar-refractivity contribution in [1.82, 2.24) is 20.2 Å². The Morgan fingerprint density at radius 2 is 1.89 bits per heavy atom. The summed E-state index contributed by atoms with van der Waals surface area (Å²) in [6.07, 6.45) is 3.28. The van der Waals surface area contributed by atoms with E-state index in [0.29, 0.717) is 11.4 Å². The van der Waals surface area contributed by atoms with E-state index in [4.69, 9.17) is 5.73 Å². The highest BCUT2D eigenvalue weighted by Crippen LogP contribution is 2.22. The van der Waals surface area contributed by atoms with Crippen molar-refractivity contribution in [2.24, 2.45) is 18.7 Å². The van der Waals surface area contributed by atoms with Gasteiger partial charge < -0.3 is 20.9 Å². The van der Waals surface area contributed by atoms with E-state index in [2.05, 4.69) is 15.6 Å². The van der Waals surface area contributed by atoms with Crippen molar-refractivity contribution >= 4 is 36.6 Å². The molecular weight excluding hydrogens is 408 g/mol. The number of imidazole rings is 1. The zero-order valence-corrected chi connectivity index (χ0v) is 17.5. The van der Waals surface area contributed by atoms with Crippen molar-refractivity contribution in [2.45, 2.75) is 25.9 Å². The van der Waals surface area contributed by atoms with Gasteiger partial charge >= 0.3 is 0 Å². The molecule has 0 saturated carbocycles. The minimum absolute atomic E-state index is 0. The van der Waals surface area contributed by atoms with E-state index >= 15 is 0 Å². The van der Waals surface area contributed by atoms with Crippen LogP contribution in [0.4, 0.5) is 4.39 Å². The number of rotatable bonds is 7. The summed E-state index contributed by atoms with van der Waals surface area (Å²) in [5.74, 6) is -0.891. The van der Waals surface area contributed by atoms with Gasteiger partial charge in [0, 0.05) is 25.0 Å². The second kappa shape index (κ2) is 11.6. The van der Waals surface area contributed by atoms with Crippen molar-refractivity contribution in [3.05, 3.63) is 53.9 Å². The highest BCUT2D eigenvalue weighted by atomic mass is 35.5. The van der Waals surface area contributed by atoms with Crippen molar-refractivity contribution in [1.29, 1.82) is 0 Å². The maximum absolute atomic E-state index is 14.2. The number of halogens is 3. The second-order valence-electron chi connectivity index (χ2n) is 6.41. The van der Waals surface area contributed by atoms with Gasteiger partial charge in [-0.2, -0.15) is 0 Å². The number of aromatic nitrogens is 2. The molecule has 1 unspecified atom stereocenters. The molecule has 0 aliphatic rings. The largest absolute Gasteiger partial charge is 0.346 e. The van der Waals surface area contributed by atoms with Gasteiger partial charge in [0.2, 0.25) is 11.8 Å². The average Bonchev–Trinajstić information content (AvgIpc) is 3.03. The molecule has 0 aliphatic carbocycles. The Hall–Kier alpha value is -2.16. The number of benzene rings is 1. The summed E-state index contributed by atoms with van der Waals surface area (Å²) in [7, 11) is 1.76. The monoisotopic (exact) mass is 433 g/mol. The number of carbonyl (C=O) groups is 2. The van der Waals surface area contributed by atoms with Crippen molar-refractivity contribution in [2.75, 3.05) is 6.54 Å². The summed E-state index contributed by atoms with van der Waals surface area (Å²) in [6, 6.07) is 4.69. The van der Waals surface area contributed by atoms with Crippen LogP contribution in [-0.2, 0) is 16.6 Å². The first-order chi connectivity index (χ1) is 12.3. The lowest BCUT2D eigenvalue weighted by atomic mass is 10.0. The maximum Gasteiger partial charge on any atom is 0.240 e. The van der Waals surface area contributed by atoms with Gasteiger partial charge in [0.25, 0.3) is 0 Å². The Labute approximate surface area is 176 Å². The highest BCUT2D eigenvalue weighted by Gasteiger charge is 2.24. The van der Waals surface area contributed by atoms with E-state index in [-0.39, 0.29) is 37.3 Å². The number of nitrogens with one attached hydrogen (secondary N) is 2. The molecule has 1 aromatic heterocycles. The quantitative estimate of drug-likeness (QED) is 0.618. The van der Waals surface area contributed by atoms with Crippen LogP contribution in [0, 0.1) is 11.7 Å². The van der Waals surface area contributed by atoms with Crippen LogP contribution in [0.5, 0.6) is 0 Å². The first-order valence-electron chi connectivity index (χ1n) is 8.35. The third-order valence-electron chi connectivity index (χ3n) is 4.08. The first kappa shape index (κ1) is 25.8. The summed E-state index contributed by atoms with van der Waals surface area (Å²) in [5, 5.41) is 5.22. The third-order valence-corrected chi connectivity index (χ3v) is 4.08. The van der Waals surface area contributed by atoms with Gasteiger partial charge in [-0.1, -0.05) is 32.0 Å². The molecule has 0 fully saturated rings. The highest BCUT2D eigenvalue weighted by molar-refractivity contribution is 5.87. The van der Waals surface area contributed by atoms with Crippen LogP contribution in [0.2, 0.25) is 0 Å². The maximum atomic E-state index is 14.2. The van der Waals surface area contributed by atoms with E-state index in [9.17, 15) is 14.0 Å². The van der Waals surface area contributed by atoms with Crippen LogP contribution in [0.15, 0.2) is 36.7 Å². The predicted octanol–water partition coefficient (Wildman–Crippen LogP) is 1.71. The fraction of sp³-hybridized carbons (Fsp3) is 0.389. The van der Waals surface area contributed by atoms with Gasteiger partial charge in [0.05, 0.1) is 12.6 Å². The van der Waals surface area contributed by atoms with Gasteiger partial charge in [-0.05, 0) is 12.0 Å². The van der Waals surface area contributed by atoms with E-state index in [0.717, 1.165) is 0 Å². The molecule has 2 rings (SSSR count). The molecule has 28 heavy (non-hydrogen) atoms. The van der Waals surface area contributed by atoms with Crippen LogP contribution < -0.4 is 16.4 Å². The Morgan fingerprint density at radius 1 is 1.25 bits per heavy atom. The van der Waals surface area contributed by atoms with Gasteiger partial charge in [0.1, 0.15) is 17.7 Å². The van der Waals surface area contributed by atoms with E-state index in [1.807, 2.05) is 13.8 Å². The normalized spacial score (nSPS) is 12.4. The first-order valence-corrected chi connectivity index (χ1v) is 8.35. The van der Waals surface area contributed by atoms with Crippen molar-refractivity contribution < 1.29 is 14.0 Å². The molecule has 2 amide bonds. The van der Waals surface area contributed by atoms with Crippen LogP contribution in [-0.4, -0.2) is 34.0 Å². The lowest BCUT2D eigenvalue weighted by molar-refractivity contribution is -0.127. The fourth-order valence-corrected chi connectivity index (χ4v) is 2.45. The van der Waals surface area contributed by atoms with Crippen LogP contribution in [0.3, 0.4) is 0 Å². The standard InChI is InChI=1S/C18H24FN5O2.2ClH/c1-11(2)15(20)18(26)22-10-14(25)23-16(17-21-8-9-24(17)3)12-6-4-5-7-13(12)19;;/h4-9,11,15-16H,10,20H2,1-3H3,(H,22,26)(H,23,25);2*1H/t15-,16?;;/m0../s1. The topological polar surface area (TPSA) is 102 Å². The minimum atomic E-state index is -0.778. The Balaban J connectivity index is 0.00000364. The molecule has 7 nitrogen and oxygen atoms in total. The number of hydrogen-bond donors (Lipinski definition) is 3. The Kier molecular flexibility index (Phi) is 10.7. The number of nitrogens with two attached hydrogens (primary N) is 1. The molecule has 0 aliphatic heterocycles. The van der Waals surface area contributed by atoms with Gasteiger partial charge in [-0.15, -0.1) is 24.8 Å². The Morgan fingerprint density at radius 3 is 2.43 bits per heavy atom. The number of nitrogens with zero attached hydrogens (tertiary/aromatic N) is 2. The molecule has 0 spiro atoms. The fourth-order valence-electron chi connectivity index (χ4n) is 2.45. The van der Waals surface area contributed by atoms with Crippen molar-refractivity contribution in [3.8, 4) is 0 Å². The molecule has 4 N–H and O–H groups in total. The zero-order chi connectivity index (χ0) is 19.3. The van der Waals surface area contributed by atoms with E-state index < -0.39 is 29.7 Å². The summed E-state index contributed by atoms with van der Waals surface area (Å²) < 4.78 is 15.9. The number of hydrogen-bond acceptors (Lipinski definition) is 4. The van der Waals surface area contributed by atoms with Crippen LogP contribution >= 0.6 is 24.8 Å². The molecule has 10 heteroatoms. The smallest absolute Gasteiger partial charge is 0.240 e. The van der Waals surface area contributed by atoms with Crippen molar-refractivity contribution in [3.63, 3.8) is 0 Å². The number of carbonyl (C=O) groups excluding carboxylic acids is 2. The summed E-state index contributed by atoms with van der Waals surface area (Å²) >= 11 is 0. The lowest BCUT2D eigenvalue weighted by Crippen LogP contribution is -2.47. The SMILES string of the molecule is CC(C)[C@H](N)C(=O)NCC(=O)NC(c1ccccc1F)c1nccn1C.Cl.Cl. The Bertz CT molecular complexity index is 785. The number of amides is 2. The molecule has 2 aromatic rings. The van der Waals surface area contributed by atoms with Gasteiger partial charge in [-0.3, -0.25) is 9.59 Å². The van der Waals surface area contributed by atoms with E-state index in [1.165, 1.54) is 6.07 Å². The molecular formula is C18H26Cl2FN5O2. The zero-order valence-electron chi connectivity index (χ0n) is 15.9. The predicted molar refractivity (Wildman–Crippen MR) is 110 cm³/mol. The molecule has 156 valence electrons. The third kappa shape index (κ3) is 6.47. The molecule has 1 aromatic carbocycles. The molecule has 1 heterocycles.